The average molecular weight is 359 g/mol. The van der Waals surface area contributed by atoms with Gasteiger partial charge in [-0.05, 0) is 12.8 Å². The predicted molar refractivity (Wildman–Crippen MR) is 105 cm³/mol. The molecule has 0 radical (unpaired) electrons. The molecule has 0 bridgehead atoms. The zero-order valence-corrected chi connectivity index (χ0v) is 16.6. The molecule has 0 spiro atoms. The molecule has 0 heterocycles. The van der Waals surface area contributed by atoms with Crippen LogP contribution in [0.25, 0.3) is 0 Å². The van der Waals surface area contributed by atoms with Crippen molar-refractivity contribution in [2.75, 3.05) is 0 Å². The van der Waals surface area contributed by atoms with Gasteiger partial charge in [0.2, 0.25) is 0 Å². The van der Waals surface area contributed by atoms with Crippen LogP contribution < -0.4 is 0 Å². The Bertz CT molecular complexity index is 292. The number of hydrogen-bond acceptors (Lipinski definition) is 2. The third-order valence-electron chi connectivity index (χ3n) is 4.45. The molecule has 0 fully saturated rings. The minimum atomic E-state index is -0.502. The summed E-state index contributed by atoms with van der Waals surface area (Å²) in [5.41, 5.74) is -0.502. The lowest BCUT2D eigenvalue weighted by Gasteiger charge is -2.09. The molecule has 0 N–H and O–H groups in total. The molecule has 0 aromatic heterocycles. The van der Waals surface area contributed by atoms with E-state index in [9.17, 15) is 4.79 Å². The van der Waals surface area contributed by atoms with Crippen LogP contribution in [0, 0.1) is 0 Å². The van der Waals surface area contributed by atoms with E-state index in [4.69, 9.17) is 16.3 Å². The Labute approximate surface area is 155 Å². The first-order chi connectivity index (χ1) is 11.7. The Morgan fingerprint density at radius 1 is 0.833 bits per heavy atom. The van der Waals surface area contributed by atoms with Crippen molar-refractivity contribution in [2.24, 2.45) is 0 Å². The summed E-state index contributed by atoms with van der Waals surface area (Å²) in [7, 11) is 0. The third kappa shape index (κ3) is 17.8. The summed E-state index contributed by atoms with van der Waals surface area (Å²) in [6.45, 7) is 5.63. The first-order valence-corrected chi connectivity index (χ1v) is 10.6. The van der Waals surface area contributed by atoms with E-state index in [1.54, 1.807) is 0 Å². The third-order valence-corrected chi connectivity index (χ3v) is 4.75. The molecule has 24 heavy (non-hydrogen) atoms. The highest BCUT2D eigenvalue weighted by Crippen LogP contribution is 2.15. The molecule has 0 saturated heterocycles. The monoisotopic (exact) mass is 358 g/mol. The molecule has 1 unspecified atom stereocenters. The van der Waals surface area contributed by atoms with Crippen molar-refractivity contribution in [1.82, 2.24) is 0 Å². The Kier molecular flexibility index (Phi) is 18.4. The van der Waals surface area contributed by atoms with Crippen LogP contribution in [0.15, 0.2) is 12.7 Å². The second-order valence-electron chi connectivity index (χ2n) is 6.79. The largest absolute Gasteiger partial charge is 0.443 e. The molecule has 0 aromatic carbocycles. The minimum absolute atomic E-state index is 0.434. The number of carbonyl (C=O) groups excluding carboxylic acids is 1. The molecule has 0 aliphatic rings. The number of unbranched alkanes of at least 4 members (excludes halogenated alkanes) is 14. The first kappa shape index (κ1) is 23.5. The van der Waals surface area contributed by atoms with Gasteiger partial charge in [-0.15, -0.1) is 0 Å². The van der Waals surface area contributed by atoms with E-state index in [0.717, 1.165) is 18.9 Å². The van der Waals surface area contributed by atoms with Crippen molar-refractivity contribution < 1.29 is 9.53 Å². The normalized spacial score (nSPS) is 12.1. The lowest BCUT2D eigenvalue weighted by atomic mass is 10.0. The van der Waals surface area contributed by atoms with Crippen LogP contribution in [-0.2, 0) is 9.53 Å². The summed E-state index contributed by atoms with van der Waals surface area (Å²) >= 11 is 5.92. The van der Waals surface area contributed by atoms with E-state index in [2.05, 4.69) is 13.5 Å². The Morgan fingerprint density at radius 3 is 1.58 bits per heavy atom. The SMILES string of the molecule is C=CC(=O)OC(Cl)CCCCCCCCCCCCCCCCC. The highest BCUT2D eigenvalue weighted by atomic mass is 35.5. The second-order valence-corrected chi connectivity index (χ2v) is 7.28. The van der Waals surface area contributed by atoms with Crippen LogP contribution in [0.4, 0.5) is 0 Å². The number of carbonyl (C=O) groups is 1. The summed E-state index contributed by atoms with van der Waals surface area (Å²) < 4.78 is 4.93. The summed E-state index contributed by atoms with van der Waals surface area (Å²) in [5, 5.41) is 0. The quantitative estimate of drug-likeness (QED) is 0.109. The standard InChI is InChI=1S/C21H39ClO2/c1-3-5-6-7-8-9-10-11-12-13-14-15-16-17-18-19-20(22)24-21(23)4-2/h4,20H,2-3,5-19H2,1H3. The maximum Gasteiger partial charge on any atom is 0.331 e. The molecular weight excluding hydrogens is 320 g/mol. The van der Waals surface area contributed by atoms with E-state index in [0.29, 0.717) is 0 Å². The zero-order chi connectivity index (χ0) is 17.9. The Morgan fingerprint density at radius 2 is 1.21 bits per heavy atom. The van der Waals surface area contributed by atoms with Gasteiger partial charge in [-0.3, -0.25) is 0 Å². The van der Waals surface area contributed by atoms with Gasteiger partial charge in [0.25, 0.3) is 0 Å². The molecule has 0 rings (SSSR count). The second kappa shape index (κ2) is 18.8. The van der Waals surface area contributed by atoms with Gasteiger partial charge in [-0.25, -0.2) is 4.79 Å². The van der Waals surface area contributed by atoms with Crippen molar-refractivity contribution in [3.8, 4) is 0 Å². The van der Waals surface area contributed by atoms with Gasteiger partial charge in [-0.1, -0.05) is 115 Å². The molecule has 0 aromatic rings. The topological polar surface area (TPSA) is 26.3 Å². The highest BCUT2D eigenvalue weighted by Gasteiger charge is 2.07. The molecule has 0 aliphatic carbocycles. The van der Waals surface area contributed by atoms with E-state index in [1.165, 1.54) is 89.9 Å². The fourth-order valence-corrected chi connectivity index (χ4v) is 3.15. The number of hydrogen-bond donors (Lipinski definition) is 0. The van der Waals surface area contributed by atoms with Crippen molar-refractivity contribution >= 4 is 17.6 Å². The average Bonchev–Trinajstić information content (AvgIpc) is 2.58. The zero-order valence-electron chi connectivity index (χ0n) is 15.9. The Balaban J connectivity index is 3.12. The molecule has 1 atom stereocenters. The lowest BCUT2D eigenvalue weighted by molar-refractivity contribution is -0.139. The number of rotatable bonds is 18. The smallest absolute Gasteiger partial charge is 0.331 e. The lowest BCUT2D eigenvalue weighted by Crippen LogP contribution is -2.09. The molecule has 0 aliphatic heterocycles. The van der Waals surface area contributed by atoms with Gasteiger partial charge in [0, 0.05) is 6.08 Å². The molecule has 2 nitrogen and oxygen atoms in total. The predicted octanol–water partition coefficient (Wildman–Crippen LogP) is 7.54. The fraction of sp³-hybridized carbons (Fsp3) is 0.857. The molecule has 142 valence electrons. The summed E-state index contributed by atoms with van der Waals surface area (Å²) in [4.78, 5) is 11.0. The fourth-order valence-electron chi connectivity index (χ4n) is 2.91. The van der Waals surface area contributed by atoms with Gasteiger partial charge in [-0.2, -0.15) is 0 Å². The van der Waals surface area contributed by atoms with Crippen LogP contribution in [0.2, 0.25) is 0 Å². The summed E-state index contributed by atoms with van der Waals surface area (Å²) in [5.74, 6) is -0.434. The van der Waals surface area contributed by atoms with Crippen molar-refractivity contribution in [3.05, 3.63) is 12.7 Å². The first-order valence-electron chi connectivity index (χ1n) is 10.2. The van der Waals surface area contributed by atoms with Crippen molar-refractivity contribution in [1.29, 1.82) is 0 Å². The molecule has 0 saturated carbocycles. The molecule has 0 amide bonds. The number of alkyl halides is 1. The van der Waals surface area contributed by atoms with Gasteiger partial charge >= 0.3 is 5.97 Å². The van der Waals surface area contributed by atoms with Crippen molar-refractivity contribution in [2.45, 2.75) is 115 Å². The Hall–Kier alpha value is -0.500. The van der Waals surface area contributed by atoms with E-state index in [-0.39, 0.29) is 0 Å². The maximum absolute atomic E-state index is 11.0. The number of halogens is 1. The molecular formula is C21H39ClO2. The van der Waals surface area contributed by atoms with Crippen molar-refractivity contribution in [3.63, 3.8) is 0 Å². The van der Waals surface area contributed by atoms with Gasteiger partial charge in [0.1, 0.15) is 0 Å². The van der Waals surface area contributed by atoms with Crippen LogP contribution >= 0.6 is 11.6 Å². The van der Waals surface area contributed by atoms with Gasteiger partial charge in [0.05, 0.1) is 0 Å². The van der Waals surface area contributed by atoms with Crippen LogP contribution in [0.1, 0.15) is 110 Å². The highest BCUT2D eigenvalue weighted by molar-refractivity contribution is 6.20. The van der Waals surface area contributed by atoms with E-state index in [1.807, 2.05) is 0 Å². The van der Waals surface area contributed by atoms with Crippen LogP contribution in [0.5, 0.6) is 0 Å². The van der Waals surface area contributed by atoms with Gasteiger partial charge < -0.3 is 4.74 Å². The number of ether oxygens (including phenoxy) is 1. The summed E-state index contributed by atoms with van der Waals surface area (Å²) in [6, 6.07) is 0. The summed E-state index contributed by atoms with van der Waals surface area (Å²) in [6.07, 6.45) is 22.1. The number of esters is 1. The van der Waals surface area contributed by atoms with Crippen LogP contribution in [-0.4, -0.2) is 11.5 Å². The molecule has 3 heteroatoms. The van der Waals surface area contributed by atoms with E-state index < -0.39 is 11.5 Å². The maximum atomic E-state index is 11.0. The minimum Gasteiger partial charge on any atom is -0.443 e. The van der Waals surface area contributed by atoms with Gasteiger partial charge in [0.15, 0.2) is 5.56 Å². The van der Waals surface area contributed by atoms with Crippen LogP contribution in [0.3, 0.4) is 0 Å². The van der Waals surface area contributed by atoms with E-state index >= 15 is 0 Å².